The minimum Gasteiger partial charge on any atom is -0.493 e. The topological polar surface area (TPSA) is 71.7 Å². The fourth-order valence-corrected chi connectivity index (χ4v) is 2.67. The number of carbonyl (C=O) groups is 1. The fourth-order valence-electron chi connectivity index (χ4n) is 2.67. The van der Waals surface area contributed by atoms with Gasteiger partial charge in [0.25, 0.3) is 5.91 Å². The van der Waals surface area contributed by atoms with Crippen molar-refractivity contribution in [1.29, 1.82) is 0 Å². The number of methoxy groups -OCH3 is 1. The second-order valence-corrected chi connectivity index (χ2v) is 5.44. The van der Waals surface area contributed by atoms with Crippen molar-refractivity contribution in [3.63, 3.8) is 0 Å². The zero-order chi connectivity index (χ0) is 16.9. The van der Waals surface area contributed by atoms with E-state index in [2.05, 4.69) is 5.32 Å². The summed E-state index contributed by atoms with van der Waals surface area (Å²) < 4.78 is 10.9. The van der Waals surface area contributed by atoms with Crippen LogP contribution in [0, 0.1) is 0 Å². The third-order valence-electron chi connectivity index (χ3n) is 3.88. The van der Waals surface area contributed by atoms with Crippen LogP contribution in [0.2, 0.25) is 0 Å². The summed E-state index contributed by atoms with van der Waals surface area (Å²) in [5, 5.41) is 13.0. The molecule has 5 nitrogen and oxygen atoms in total. The first-order valence-electron chi connectivity index (χ1n) is 7.76. The molecule has 5 heteroatoms. The smallest absolute Gasteiger partial charge is 0.287 e. The molecule has 0 aliphatic carbocycles. The zero-order valence-corrected chi connectivity index (χ0v) is 13.4. The molecule has 3 rings (SSSR count). The van der Waals surface area contributed by atoms with E-state index < -0.39 is 0 Å². The van der Waals surface area contributed by atoms with Crippen LogP contribution < -0.4 is 10.1 Å². The van der Waals surface area contributed by atoms with E-state index in [4.69, 9.17) is 9.15 Å². The number of carbonyl (C=O) groups excluding carboxylic acids is 1. The summed E-state index contributed by atoms with van der Waals surface area (Å²) in [5.41, 5.74) is 1.48. The van der Waals surface area contributed by atoms with Gasteiger partial charge in [0.15, 0.2) is 17.1 Å². The molecular formula is C19H19NO4. The second kappa shape index (κ2) is 7.19. The standard InChI is InChI=1S/C19H19NO4/c1-23-16-9-5-8-14-12-17(24-18(14)16)19(22)20-15(10-11-21)13-6-3-2-4-7-13/h2-9,12,15,21H,10-11H2,1H3,(H,20,22). The maximum absolute atomic E-state index is 12.5. The molecule has 1 amide bonds. The van der Waals surface area contributed by atoms with E-state index in [-0.39, 0.29) is 24.3 Å². The number of rotatable bonds is 6. The molecule has 3 aromatic rings. The molecule has 0 saturated carbocycles. The molecule has 0 fully saturated rings. The monoisotopic (exact) mass is 325 g/mol. The summed E-state index contributed by atoms with van der Waals surface area (Å²) in [4.78, 5) is 12.5. The minimum absolute atomic E-state index is 0.0200. The maximum atomic E-state index is 12.5. The Morgan fingerprint density at radius 1 is 1.21 bits per heavy atom. The molecule has 0 bridgehead atoms. The molecule has 1 heterocycles. The number of para-hydroxylation sites is 1. The van der Waals surface area contributed by atoms with Gasteiger partial charge in [-0.1, -0.05) is 42.5 Å². The molecule has 1 atom stereocenters. The van der Waals surface area contributed by atoms with Gasteiger partial charge in [-0.3, -0.25) is 4.79 Å². The number of nitrogens with one attached hydrogen (secondary N) is 1. The number of hydrogen-bond donors (Lipinski definition) is 2. The fraction of sp³-hybridized carbons (Fsp3) is 0.211. The third kappa shape index (κ3) is 3.26. The van der Waals surface area contributed by atoms with Crippen LogP contribution in [0.4, 0.5) is 0 Å². The number of fused-ring (bicyclic) bond motifs is 1. The summed E-state index contributed by atoms with van der Waals surface area (Å²) in [6, 6.07) is 16.4. The predicted octanol–water partition coefficient (Wildman–Crippen LogP) is 3.29. The van der Waals surface area contributed by atoms with Crippen LogP contribution in [0.5, 0.6) is 5.75 Å². The Labute approximate surface area is 139 Å². The number of benzene rings is 2. The molecule has 0 aliphatic heterocycles. The summed E-state index contributed by atoms with van der Waals surface area (Å²) in [7, 11) is 1.56. The van der Waals surface area contributed by atoms with Gasteiger partial charge in [0.1, 0.15) is 0 Å². The Hall–Kier alpha value is -2.79. The van der Waals surface area contributed by atoms with E-state index in [0.29, 0.717) is 17.8 Å². The molecule has 0 spiro atoms. The lowest BCUT2D eigenvalue weighted by Gasteiger charge is -2.17. The third-order valence-corrected chi connectivity index (χ3v) is 3.88. The first kappa shape index (κ1) is 16.1. The largest absolute Gasteiger partial charge is 0.493 e. The van der Waals surface area contributed by atoms with Crippen LogP contribution >= 0.6 is 0 Å². The van der Waals surface area contributed by atoms with Crippen molar-refractivity contribution in [3.05, 3.63) is 65.9 Å². The van der Waals surface area contributed by atoms with Crippen LogP contribution in [0.25, 0.3) is 11.0 Å². The lowest BCUT2D eigenvalue weighted by atomic mass is 10.0. The molecule has 24 heavy (non-hydrogen) atoms. The summed E-state index contributed by atoms with van der Waals surface area (Å²) in [6.07, 6.45) is 0.430. The van der Waals surface area contributed by atoms with Gasteiger partial charge in [-0.2, -0.15) is 0 Å². The van der Waals surface area contributed by atoms with Crippen molar-refractivity contribution in [2.24, 2.45) is 0 Å². The molecule has 0 saturated heterocycles. The van der Waals surface area contributed by atoms with E-state index in [1.54, 1.807) is 19.2 Å². The highest BCUT2D eigenvalue weighted by Gasteiger charge is 2.19. The van der Waals surface area contributed by atoms with Gasteiger partial charge in [0.05, 0.1) is 13.2 Å². The Morgan fingerprint density at radius 3 is 2.71 bits per heavy atom. The van der Waals surface area contributed by atoms with Crippen LogP contribution in [0.15, 0.2) is 59.0 Å². The van der Waals surface area contributed by atoms with Gasteiger partial charge in [-0.05, 0) is 24.1 Å². The summed E-state index contributed by atoms with van der Waals surface area (Å²) in [5.74, 6) is 0.477. The van der Waals surface area contributed by atoms with Gasteiger partial charge < -0.3 is 19.6 Å². The lowest BCUT2D eigenvalue weighted by molar-refractivity contribution is 0.0904. The molecule has 1 unspecified atom stereocenters. The SMILES string of the molecule is COc1cccc2cc(C(=O)NC(CCO)c3ccccc3)oc12. The van der Waals surface area contributed by atoms with Crippen LogP contribution in [-0.4, -0.2) is 24.7 Å². The van der Waals surface area contributed by atoms with Gasteiger partial charge in [0.2, 0.25) is 0 Å². The first-order valence-corrected chi connectivity index (χ1v) is 7.76. The molecule has 124 valence electrons. The van der Waals surface area contributed by atoms with Gasteiger partial charge in [0, 0.05) is 12.0 Å². The van der Waals surface area contributed by atoms with Gasteiger partial charge >= 0.3 is 0 Å². The number of hydrogen-bond acceptors (Lipinski definition) is 4. The molecule has 2 N–H and O–H groups in total. The Morgan fingerprint density at radius 2 is 2.00 bits per heavy atom. The first-order chi connectivity index (χ1) is 11.7. The van der Waals surface area contributed by atoms with E-state index >= 15 is 0 Å². The molecular weight excluding hydrogens is 306 g/mol. The molecule has 0 aliphatic rings. The highest BCUT2D eigenvalue weighted by Crippen LogP contribution is 2.28. The van der Waals surface area contributed by atoms with Crippen molar-refractivity contribution in [2.75, 3.05) is 13.7 Å². The van der Waals surface area contributed by atoms with E-state index in [0.717, 1.165) is 10.9 Å². The Kier molecular flexibility index (Phi) is 4.82. The highest BCUT2D eigenvalue weighted by atomic mass is 16.5. The number of furan rings is 1. The van der Waals surface area contributed by atoms with E-state index in [9.17, 15) is 9.90 Å². The van der Waals surface area contributed by atoms with Crippen LogP contribution in [0.3, 0.4) is 0 Å². The van der Waals surface area contributed by atoms with Gasteiger partial charge in [-0.15, -0.1) is 0 Å². The van der Waals surface area contributed by atoms with E-state index in [1.165, 1.54) is 0 Å². The average Bonchev–Trinajstić information content (AvgIpc) is 3.06. The van der Waals surface area contributed by atoms with Crippen molar-refractivity contribution in [3.8, 4) is 5.75 Å². The number of aliphatic hydroxyl groups excluding tert-OH is 1. The number of aliphatic hydroxyl groups is 1. The van der Waals surface area contributed by atoms with Crippen molar-refractivity contribution >= 4 is 16.9 Å². The quantitative estimate of drug-likeness (QED) is 0.729. The lowest BCUT2D eigenvalue weighted by Crippen LogP contribution is -2.28. The Balaban J connectivity index is 1.85. The van der Waals surface area contributed by atoms with E-state index in [1.807, 2.05) is 42.5 Å². The number of ether oxygens (including phenoxy) is 1. The van der Waals surface area contributed by atoms with Crippen LogP contribution in [-0.2, 0) is 0 Å². The Bertz CT molecular complexity index is 826. The van der Waals surface area contributed by atoms with Crippen molar-refractivity contribution in [1.82, 2.24) is 5.32 Å². The predicted molar refractivity (Wildman–Crippen MR) is 91.1 cm³/mol. The van der Waals surface area contributed by atoms with Crippen LogP contribution in [0.1, 0.15) is 28.6 Å². The second-order valence-electron chi connectivity index (χ2n) is 5.44. The highest BCUT2D eigenvalue weighted by molar-refractivity contribution is 5.97. The zero-order valence-electron chi connectivity index (χ0n) is 13.4. The molecule has 2 aromatic carbocycles. The molecule has 1 aromatic heterocycles. The minimum atomic E-state index is -0.324. The maximum Gasteiger partial charge on any atom is 0.287 e. The number of amides is 1. The average molecular weight is 325 g/mol. The van der Waals surface area contributed by atoms with Crippen molar-refractivity contribution in [2.45, 2.75) is 12.5 Å². The normalized spacial score (nSPS) is 12.1. The summed E-state index contributed by atoms with van der Waals surface area (Å²) >= 11 is 0. The molecule has 0 radical (unpaired) electrons. The van der Waals surface area contributed by atoms with Gasteiger partial charge in [-0.25, -0.2) is 0 Å². The van der Waals surface area contributed by atoms with Crippen molar-refractivity contribution < 1.29 is 19.1 Å². The summed E-state index contributed by atoms with van der Waals surface area (Å²) in [6.45, 7) is -0.0200.